The molecular formula is C9H19B. The van der Waals surface area contributed by atoms with E-state index in [0.29, 0.717) is 5.92 Å². The van der Waals surface area contributed by atoms with Crippen molar-refractivity contribution in [1.29, 1.82) is 0 Å². The van der Waals surface area contributed by atoms with Crippen LogP contribution in [0.1, 0.15) is 47.0 Å². The molecule has 10 heavy (non-hydrogen) atoms. The largest absolute Gasteiger partial charge is 0.0746 e. The minimum Gasteiger partial charge on any atom is -0.0674 e. The summed E-state index contributed by atoms with van der Waals surface area (Å²) in [4.78, 5) is 0. The van der Waals surface area contributed by atoms with Crippen LogP contribution in [-0.2, 0) is 0 Å². The summed E-state index contributed by atoms with van der Waals surface area (Å²) in [5.41, 5.74) is 0. The first-order valence-electron chi connectivity index (χ1n) is 4.33. The van der Waals surface area contributed by atoms with Crippen molar-refractivity contribution in [2.75, 3.05) is 0 Å². The van der Waals surface area contributed by atoms with Gasteiger partial charge >= 0.3 is 0 Å². The average Bonchev–Trinajstić information content (AvgIpc) is 1.86. The number of hydrogen-bond donors (Lipinski definition) is 0. The summed E-state index contributed by atoms with van der Waals surface area (Å²) >= 11 is 0. The molecule has 0 spiro atoms. The summed E-state index contributed by atoms with van der Waals surface area (Å²) in [6, 6.07) is 0. The quantitative estimate of drug-likeness (QED) is 0.523. The van der Waals surface area contributed by atoms with Gasteiger partial charge in [-0.25, -0.2) is 0 Å². The molecule has 2 radical (unpaired) electrons. The van der Waals surface area contributed by atoms with Gasteiger partial charge < -0.3 is 0 Å². The van der Waals surface area contributed by atoms with Gasteiger partial charge in [0.1, 0.15) is 0 Å². The van der Waals surface area contributed by atoms with Crippen molar-refractivity contribution in [3.05, 3.63) is 0 Å². The highest BCUT2D eigenvalue weighted by atomic mass is 14.2. The molecule has 0 aromatic rings. The Morgan fingerprint density at radius 1 is 1.40 bits per heavy atom. The molecule has 58 valence electrons. The molecule has 0 aliphatic carbocycles. The molecule has 0 aliphatic rings. The molecule has 0 saturated carbocycles. The van der Waals surface area contributed by atoms with Gasteiger partial charge in [-0.1, -0.05) is 52.3 Å². The predicted octanol–water partition coefficient (Wildman–Crippen LogP) is 3.18. The zero-order chi connectivity index (χ0) is 8.20. The van der Waals surface area contributed by atoms with Crippen molar-refractivity contribution in [2.45, 2.75) is 52.3 Å². The lowest BCUT2D eigenvalue weighted by Gasteiger charge is -2.31. The van der Waals surface area contributed by atoms with E-state index in [9.17, 15) is 0 Å². The third-order valence-corrected chi connectivity index (χ3v) is 2.53. The molecule has 0 amide bonds. The summed E-state index contributed by atoms with van der Waals surface area (Å²) in [6.45, 7) is 8.78. The molecule has 0 saturated heterocycles. The van der Waals surface area contributed by atoms with Crippen molar-refractivity contribution in [1.82, 2.24) is 0 Å². The third kappa shape index (κ3) is 2.77. The topological polar surface area (TPSA) is 0 Å². The molecule has 1 heteroatoms. The first-order chi connectivity index (χ1) is 4.54. The molecule has 0 N–H and O–H groups in total. The van der Waals surface area contributed by atoms with Crippen LogP contribution in [0.5, 0.6) is 0 Å². The normalized spacial score (nSPS) is 20.0. The van der Waals surface area contributed by atoms with Gasteiger partial charge in [0, 0.05) is 0 Å². The Balaban J connectivity index is 3.82. The maximum Gasteiger partial charge on any atom is 0.0746 e. The van der Waals surface area contributed by atoms with E-state index < -0.39 is 0 Å². The van der Waals surface area contributed by atoms with E-state index in [4.69, 9.17) is 7.85 Å². The van der Waals surface area contributed by atoms with Crippen LogP contribution in [0.15, 0.2) is 0 Å². The van der Waals surface area contributed by atoms with Crippen molar-refractivity contribution in [2.24, 2.45) is 5.92 Å². The van der Waals surface area contributed by atoms with E-state index in [-0.39, 0.29) is 5.31 Å². The van der Waals surface area contributed by atoms with Crippen LogP contribution in [0.2, 0.25) is 5.31 Å². The Hall–Kier alpha value is 0.0649. The van der Waals surface area contributed by atoms with Crippen LogP contribution in [0.25, 0.3) is 0 Å². The summed E-state index contributed by atoms with van der Waals surface area (Å²) in [6.07, 6.45) is 3.52. The van der Waals surface area contributed by atoms with Crippen LogP contribution in [0, 0.1) is 5.92 Å². The second kappa shape index (κ2) is 4.05. The zero-order valence-corrected chi connectivity index (χ0v) is 7.78. The molecule has 0 nitrogen and oxygen atoms in total. The molecule has 0 aromatic carbocycles. The summed E-state index contributed by atoms with van der Waals surface area (Å²) < 4.78 is 0. The van der Waals surface area contributed by atoms with Crippen LogP contribution in [0.4, 0.5) is 0 Å². The van der Waals surface area contributed by atoms with Gasteiger partial charge in [-0.2, -0.15) is 0 Å². The van der Waals surface area contributed by atoms with Crippen LogP contribution in [0.3, 0.4) is 0 Å². The summed E-state index contributed by atoms with van der Waals surface area (Å²) in [5.74, 6) is 0.646. The Kier molecular flexibility index (Phi) is 4.08. The first kappa shape index (κ1) is 10.1. The fourth-order valence-electron chi connectivity index (χ4n) is 1.25. The molecular weight excluding hydrogens is 119 g/mol. The van der Waals surface area contributed by atoms with E-state index in [1.807, 2.05) is 0 Å². The van der Waals surface area contributed by atoms with Crippen molar-refractivity contribution < 1.29 is 0 Å². The van der Waals surface area contributed by atoms with E-state index in [2.05, 4.69) is 27.7 Å². The van der Waals surface area contributed by atoms with Crippen LogP contribution >= 0.6 is 0 Å². The molecule has 2 unspecified atom stereocenters. The Bertz CT molecular complexity index is 86.7. The molecule has 0 fully saturated rings. The highest BCUT2D eigenvalue weighted by Gasteiger charge is 2.21. The van der Waals surface area contributed by atoms with Gasteiger partial charge in [0.2, 0.25) is 0 Å². The van der Waals surface area contributed by atoms with Gasteiger partial charge in [0.25, 0.3) is 0 Å². The molecule has 0 aromatic heterocycles. The van der Waals surface area contributed by atoms with E-state index in [1.165, 1.54) is 12.8 Å². The molecule has 0 bridgehead atoms. The average molecular weight is 138 g/mol. The monoisotopic (exact) mass is 138 g/mol. The smallest absolute Gasteiger partial charge is 0.0674 e. The second-order valence-electron chi connectivity index (χ2n) is 3.57. The molecule has 0 rings (SSSR count). The molecule has 0 heterocycles. The Labute approximate surface area is 66.8 Å². The highest BCUT2D eigenvalue weighted by molar-refractivity contribution is 6.15. The van der Waals surface area contributed by atoms with Gasteiger partial charge in [-0.3, -0.25) is 0 Å². The zero-order valence-electron chi connectivity index (χ0n) is 7.78. The SMILES string of the molecule is [B]C(C)(CCC)C(C)CC. The Morgan fingerprint density at radius 2 is 1.90 bits per heavy atom. The van der Waals surface area contributed by atoms with Gasteiger partial charge in [-0.15, -0.1) is 0 Å². The minimum absolute atomic E-state index is 0.0590. The molecule has 2 atom stereocenters. The van der Waals surface area contributed by atoms with E-state index >= 15 is 0 Å². The standard InChI is InChI=1S/C9H19B/c1-5-7-9(4,10)8(3)6-2/h8H,5-7H2,1-4H3. The van der Waals surface area contributed by atoms with Crippen molar-refractivity contribution in [3.63, 3.8) is 0 Å². The maximum atomic E-state index is 6.08. The van der Waals surface area contributed by atoms with Gasteiger partial charge in [0.15, 0.2) is 0 Å². The van der Waals surface area contributed by atoms with E-state index in [1.54, 1.807) is 0 Å². The lowest BCUT2D eigenvalue weighted by Crippen LogP contribution is -2.17. The fraction of sp³-hybridized carbons (Fsp3) is 1.00. The predicted molar refractivity (Wildman–Crippen MR) is 48.5 cm³/mol. The lowest BCUT2D eigenvalue weighted by atomic mass is 9.59. The van der Waals surface area contributed by atoms with Crippen LogP contribution in [-0.4, -0.2) is 7.85 Å². The van der Waals surface area contributed by atoms with Gasteiger partial charge in [0.05, 0.1) is 7.85 Å². The van der Waals surface area contributed by atoms with Crippen LogP contribution < -0.4 is 0 Å². The summed E-state index contributed by atoms with van der Waals surface area (Å²) in [7, 11) is 6.08. The van der Waals surface area contributed by atoms with Crippen molar-refractivity contribution in [3.8, 4) is 0 Å². The third-order valence-electron chi connectivity index (χ3n) is 2.53. The second-order valence-corrected chi connectivity index (χ2v) is 3.57. The number of rotatable bonds is 4. The Morgan fingerprint density at radius 3 is 2.20 bits per heavy atom. The fourth-order valence-corrected chi connectivity index (χ4v) is 1.25. The first-order valence-corrected chi connectivity index (χ1v) is 4.33. The van der Waals surface area contributed by atoms with E-state index in [0.717, 1.165) is 6.42 Å². The highest BCUT2D eigenvalue weighted by Crippen LogP contribution is 2.37. The maximum absolute atomic E-state index is 6.08. The minimum atomic E-state index is 0.0590. The summed E-state index contributed by atoms with van der Waals surface area (Å²) in [5, 5.41) is 0.0590. The van der Waals surface area contributed by atoms with Gasteiger partial charge in [-0.05, 0) is 5.92 Å². The van der Waals surface area contributed by atoms with Crippen molar-refractivity contribution >= 4 is 7.85 Å². The number of hydrogen-bond acceptors (Lipinski definition) is 0. The molecule has 0 aliphatic heterocycles. The lowest BCUT2D eigenvalue weighted by molar-refractivity contribution is 0.374.